The average molecular weight is 439 g/mol. The highest BCUT2D eigenvalue weighted by atomic mass is 35.5. The van der Waals surface area contributed by atoms with Crippen LogP contribution in [0.15, 0.2) is 57.5 Å². The Bertz CT molecular complexity index is 1170. The molecule has 2 heterocycles. The fraction of sp³-hybridized carbons (Fsp3) is 0.333. The maximum absolute atomic E-state index is 13.0. The molecule has 4 rings (SSSR count). The Morgan fingerprint density at radius 3 is 2.77 bits per heavy atom. The van der Waals surface area contributed by atoms with Crippen LogP contribution in [-0.4, -0.2) is 5.78 Å². The van der Waals surface area contributed by atoms with Gasteiger partial charge in [-0.15, -0.1) is 0 Å². The Kier molecular flexibility index (Phi) is 5.32. The molecule has 31 heavy (non-hydrogen) atoms. The van der Waals surface area contributed by atoms with Gasteiger partial charge in [0.15, 0.2) is 5.78 Å². The summed E-state index contributed by atoms with van der Waals surface area (Å²) in [6, 6.07) is 11.0. The van der Waals surface area contributed by atoms with Crippen molar-refractivity contribution in [3.8, 4) is 11.8 Å². The molecule has 160 valence electrons. The highest BCUT2D eigenvalue weighted by molar-refractivity contribution is 6.31. The molecule has 0 saturated carbocycles. The van der Waals surface area contributed by atoms with E-state index >= 15 is 0 Å². The van der Waals surface area contributed by atoms with Crippen LogP contribution in [0, 0.1) is 23.7 Å². The highest BCUT2D eigenvalue weighted by Gasteiger charge is 2.44. The molecule has 6 nitrogen and oxygen atoms in total. The van der Waals surface area contributed by atoms with E-state index in [0.29, 0.717) is 46.5 Å². The number of nitrogens with zero attached hydrogens (tertiary/aromatic N) is 1. The number of Topliss-reactive ketones (excluding diaryl/α,β-unsaturated/α-hetero) is 1. The minimum Gasteiger partial charge on any atom is -0.486 e. The second-order valence-electron chi connectivity index (χ2n) is 8.71. The first-order valence-corrected chi connectivity index (χ1v) is 10.4. The molecular weight excluding hydrogens is 416 g/mol. The minimum atomic E-state index is -0.677. The normalized spacial score (nSPS) is 20.2. The standard InChI is InChI=1S/C24H23ClN2O4/c1-13-8-14(4-6-17(13)25)29-12-15-5-7-19(30-15)21-16(11-26)23(27)31-20-10-24(2,3)9-18(28)22(20)21/h4-8,21H,9-10,12,27H2,1-3H3/t21-/m1/s1. The number of furan rings is 1. The lowest BCUT2D eigenvalue weighted by molar-refractivity contribution is -0.119. The molecule has 2 aliphatic rings. The SMILES string of the molecule is Cc1cc(OCc2ccc([C@H]3C(C#N)=C(N)OC4=C3C(=O)CC(C)(C)C4)o2)ccc1Cl. The van der Waals surface area contributed by atoms with E-state index in [2.05, 4.69) is 6.07 Å². The fourth-order valence-electron chi connectivity index (χ4n) is 4.06. The van der Waals surface area contributed by atoms with Crippen LogP contribution in [0.3, 0.4) is 0 Å². The molecule has 0 radical (unpaired) electrons. The average Bonchev–Trinajstić information content (AvgIpc) is 3.15. The number of aryl methyl sites for hydroxylation is 1. The zero-order chi connectivity index (χ0) is 22.3. The Balaban J connectivity index is 1.63. The van der Waals surface area contributed by atoms with Gasteiger partial charge in [0.1, 0.15) is 41.3 Å². The van der Waals surface area contributed by atoms with Crippen molar-refractivity contribution < 1.29 is 18.7 Å². The van der Waals surface area contributed by atoms with E-state index < -0.39 is 5.92 Å². The van der Waals surface area contributed by atoms with Crippen molar-refractivity contribution in [2.75, 3.05) is 0 Å². The van der Waals surface area contributed by atoms with Crippen LogP contribution in [0.2, 0.25) is 5.02 Å². The number of halogens is 1. The van der Waals surface area contributed by atoms with Crippen LogP contribution >= 0.6 is 11.6 Å². The van der Waals surface area contributed by atoms with Gasteiger partial charge in [0.05, 0.1) is 5.92 Å². The maximum Gasteiger partial charge on any atom is 0.205 e. The third-order valence-corrected chi connectivity index (χ3v) is 5.98. The van der Waals surface area contributed by atoms with Crippen molar-refractivity contribution in [1.29, 1.82) is 5.26 Å². The molecule has 0 amide bonds. The topological polar surface area (TPSA) is 98.5 Å². The lowest BCUT2D eigenvalue weighted by Crippen LogP contribution is -2.33. The van der Waals surface area contributed by atoms with E-state index in [0.717, 1.165) is 5.56 Å². The number of benzene rings is 1. The van der Waals surface area contributed by atoms with Crippen LogP contribution in [0.1, 0.15) is 49.7 Å². The molecular formula is C24H23ClN2O4. The van der Waals surface area contributed by atoms with E-state index in [1.807, 2.05) is 26.8 Å². The predicted octanol–water partition coefficient (Wildman–Crippen LogP) is 5.27. The summed E-state index contributed by atoms with van der Waals surface area (Å²) in [7, 11) is 0. The summed E-state index contributed by atoms with van der Waals surface area (Å²) in [6.07, 6.45) is 0.938. The van der Waals surface area contributed by atoms with E-state index in [1.54, 1.807) is 24.3 Å². The summed E-state index contributed by atoms with van der Waals surface area (Å²) in [5.41, 5.74) is 7.36. The number of rotatable bonds is 4. The summed E-state index contributed by atoms with van der Waals surface area (Å²) in [5.74, 6) is 1.51. The number of carbonyl (C=O) groups excluding carboxylic acids is 1. The van der Waals surface area contributed by atoms with Crippen LogP contribution in [0.5, 0.6) is 5.75 Å². The molecule has 1 aromatic heterocycles. The second kappa shape index (κ2) is 7.82. The van der Waals surface area contributed by atoms with Crippen molar-refractivity contribution >= 4 is 17.4 Å². The highest BCUT2D eigenvalue weighted by Crippen LogP contribution is 2.48. The summed E-state index contributed by atoms with van der Waals surface area (Å²) < 4.78 is 17.5. The van der Waals surface area contributed by atoms with Gasteiger partial charge in [0, 0.05) is 23.4 Å². The number of hydrogen-bond acceptors (Lipinski definition) is 6. The largest absolute Gasteiger partial charge is 0.486 e. The lowest BCUT2D eigenvalue weighted by atomic mass is 9.71. The third-order valence-electron chi connectivity index (χ3n) is 5.55. The molecule has 0 bridgehead atoms. The Labute approximate surface area is 185 Å². The summed E-state index contributed by atoms with van der Waals surface area (Å²) in [5, 5.41) is 10.4. The van der Waals surface area contributed by atoms with E-state index in [9.17, 15) is 10.1 Å². The first kappa shape index (κ1) is 21.1. The molecule has 1 aliphatic heterocycles. The van der Waals surface area contributed by atoms with E-state index in [4.69, 9.17) is 31.2 Å². The molecule has 1 aliphatic carbocycles. The van der Waals surface area contributed by atoms with Gasteiger partial charge in [-0.3, -0.25) is 4.79 Å². The first-order valence-electron chi connectivity index (χ1n) is 10.00. The van der Waals surface area contributed by atoms with Gasteiger partial charge in [-0.05, 0) is 48.2 Å². The second-order valence-corrected chi connectivity index (χ2v) is 9.11. The Hall–Kier alpha value is -3.17. The van der Waals surface area contributed by atoms with Gasteiger partial charge in [-0.1, -0.05) is 25.4 Å². The number of hydrogen-bond donors (Lipinski definition) is 1. The van der Waals surface area contributed by atoms with Gasteiger partial charge in [0.25, 0.3) is 0 Å². The van der Waals surface area contributed by atoms with Crippen molar-refractivity contribution in [1.82, 2.24) is 0 Å². The van der Waals surface area contributed by atoms with Gasteiger partial charge < -0.3 is 19.6 Å². The third kappa shape index (κ3) is 4.06. The van der Waals surface area contributed by atoms with Crippen molar-refractivity contribution in [3.05, 3.63) is 75.2 Å². The van der Waals surface area contributed by atoms with Gasteiger partial charge in [0.2, 0.25) is 5.88 Å². The molecule has 1 atom stereocenters. The molecule has 0 saturated heterocycles. The monoisotopic (exact) mass is 438 g/mol. The van der Waals surface area contributed by atoms with Crippen LogP contribution in [0.25, 0.3) is 0 Å². The number of allylic oxidation sites excluding steroid dienone is 3. The van der Waals surface area contributed by atoms with Crippen molar-refractivity contribution in [3.63, 3.8) is 0 Å². The summed E-state index contributed by atoms with van der Waals surface area (Å²) in [4.78, 5) is 13.0. The van der Waals surface area contributed by atoms with E-state index in [1.165, 1.54) is 0 Å². The number of nitrogens with two attached hydrogens (primary N) is 1. The Morgan fingerprint density at radius 2 is 2.06 bits per heavy atom. The van der Waals surface area contributed by atoms with Crippen LogP contribution in [-0.2, 0) is 16.1 Å². The summed E-state index contributed by atoms with van der Waals surface area (Å²) in [6.45, 7) is 6.11. The maximum atomic E-state index is 13.0. The minimum absolute atomic E-state index is 0.0163. The van der Waals surface area contributed by atoms with Gasteiger partial charge in [-0.25, -0.2) is 0 Å². The molecule has 0 fully saturated rings. The van der Waals surface area contributed by atoms with Crippen LogP contribution < -0.4 is 10.5 Å². The number of ketones is 1. The number of carbonyl (C=O) groups is 1. The number of nitriles is 1. The zero-order valence-corrected chi connectivity index (χ0v) is 18.4. The Morgan fingerprint density at radius 1 is 1.29 bits per heavy atom. The van der Waals surface area contributed by atoms with Gasteiger partial charge in [-0.2, -0.15) is 5.26 Å². The quantitative estimate of drug-likeness (QED) is 0.697. The smallest absolute Gasteiger partial charge is 0.205 e. The van der Waals surface area contributed by atoms with Crippen molar-refractivity contribution in [2.24, 2.45) is 11.1 Å². The molecule has 0 unspecified atom stereocenters. The van der Waals surface area contributed by atoms with Crippen molar-refractivity contribution in [2.45, 2.75) is 46.1 Å². The summed E-state index contributed by atoms with van der Waals surface area (Å²) >= 11 is 6.05. The first-order chi connectivity index (χ1) is 14.7. The lowest BCUT2D eigenvalue weighted by Gasteiger charge is -2.36. The van der Waals surface area contributed by atoms with Gasteiger partial charge >= 0.3 is 0 Å². The molecule has 7 heteroatoms. The van der Waals surface area contributed by atoms with Crippen LogP contribution in [0.4, 0.5) is 0 Å². The van der Waals surface area contributed by atoms with E-state index in [-0.39, 0.29) is 29.3 Å². The zero-order valence-electron chi connectivity index (χ0n) is 17.6. The molecule has 2 N–H and O–H groups in total. The molecule has 1 aromatic carbocycles. The number of ether oxygens (including phenoxy) is 2. The molecule has 0 spiro atoms. The predicted molar refractivity (Wildman–Crippen MR) is 115 cm³/mol. The molecule has 2 aromatic rings. The fourth-order valence-corrected chi connectivity index (χ4v) is 4.18.